The number of halogens is 3. The van der Waals surface area contributed by atoms with Crippen molar-refractivity contribution in [2.24, 2.45) is 11.8 Å². The summed E-state index contributed by atoms with van der Waals surface area (Å²) in [7, 11) is 1.90. The van der Waals surface area contributed by atoms with Crippen molar-refractivity contribution in [1.82, 2.24) is 10.2 Å². The lowest BCUT2D eigenvalue weighted by molar-refractivity contribution is -0.137. The van der Waals surface area contributed by atoms with Crippen molar-refractivity contribution >= 4 is 5.91 Å². The molecule has 1 amide bonds. The predicted octanol–water partition coefficient (Wildman–Crippen LogP) is 2.95. The first-order valence-electron chi connectivity index (χ1n) is 7.90. The predicted molar refractivity (Wildman–Crippen MR) is 82.9 cm³/mol. The molecular formula is C17H23F3N2O. The largest absolute Gasteiger partial charge is 0.416 e. The summed E-state index contributed by atoms with van der Waals surface area (Å²) in [5.41, 5.74) is 0.0968. The number of likely N-dealkylation sites (tertiary alicyclic amines) is 1. The van der Waals surface area contributed by atoms with Crippen LogP contribution in [-0.4, -0.2) is 37.5 Å². The summed E-state index contributed by atoms with van der Waals surface area (Å²) >= 11 is 0. The second-order valence-corrected chi connectivity index (χ2v) is 6.30. The van der Waals surface area contributed by atoms with Gasteiger partial charge in [-0.25, -0.2) is 0 Å². The van der Waals surface area contributed by atoms with Crippen LogP contribution in [0.25, 0.3) is 0 Å². The molecule has 0 radical (unpaired) electrons. The van der Waals surface area contributed by atoms with Gasteiger partial charge in [0.05, 0.1) is 5.56 Å². The van der Waals surface area contributed by atoms with Crippen molar-refractivity contribution in [3.05, 3.63) is 35.4 Å². The van der Waals surface area contributed by atoms with Gasteiger partial charge in [-0.3, -0.25) is 4.79 Å². The molecule has 23 heavy (non-hydrogen) atoms. The van der Waals surface area contributed by atoms with Gasteiger partial charge in [0.15, 0.2) is 0 Å². The van der Waals surface area contributed by atoms with Crippen molar-refractivity contribution in [2.75, 3.05) is 26.7 Å². The van der Waals surface area contributed by atoms with Gasteiger partial charge in [-0.1, -0.05) is 19.1 Å². The second-order valence-electron chi connectivity index (χ2n) is 6.30. The third-order valence-corrected chi connectivity index (χ3v) is 4.34. The zero-order valence-electron chi connectivity index (χ0n) is 13.5. The Labute approximate surface area is 134 Å². The number of nitrogens with one attached hydrogen (secondary N) is 1. The van der Waals surface area contributed by atoms with E-state index in [2.05, 4.69) is 5.32 Å². The first-order valence-corrected chi connectivity index (χ1v) is 7.90. The number of amides is 1. The summed E-state index contributed by atoms with van der Waals surface area (Å²) in [6.45, 7) is 4.27. The van der Waals surface area contributed by atoms with Gasteiger partial charge >= 0.3 is 6.18 Å². The van der Waals surface area contributed by atoms with Crippen LogP contribution in [0, 0.1) is 11.8 Å². The molecule has 6 heteroatoms. The Morgan fingerprint density at radius 2 is 2.00 bits per heavy atom. The highest BCUT2D eigenvalue weighted by atomic mass is 19.4. The Balaban J connectivity index is 1.91. The fourth-order valence-corrected chi connectivity index (χ4v) is 3.07. The summed E-state index contributed by atoms with van der Waals surface area (Å²) < 4.78 is 37.6. The lowest BCUT2D eigenvalue weighted by Crippen LogP contribution is -2.35. The average Bonchev–Trinajstić information content (AvgIpc) is 2.95. The Morgan fingerprint density at radius 1 is 1.35 bits per heavy atom. The normalized spacial score (nSPS) is 19.9. The van der Waals surface area contributed by atoms with Crippen LogP contribution in [0.4, 0.5) is 13.2 Å². The first-order chi connectivity index (χ1) is 10.8. The summed E-state index contributed by atoms with van der Waals surface area (Å²) in [6, 6.07) is 5.07. The average molecular weight is 328 g/mol. The monoisotopic (exact) mass is 328 g/mol. The lowest BCUT2D eigenvalue weighted by atomic mass is 9.99. The summed E-state index contributed by atoms with van der Waals surface area (Å²) in [6.07, 6.45) is -2.86. The van der Waals surface area contributed by atoms with E-state index in [0.717, 1.165) is 43.8 Å². The van der Waals surface area contributed by atoms with Crippen LogP contribution in [0.1, 0.15) is 24.5 Å². The summed E-state index contributed by atoms with van der Waals surface area (Å²) in [5.74, 6) is 0.353. The standard InChI is InChI=1S/C17H23F3N2O/c1-12(16(23)22-8-7-14(11-22)10-21-2)9-13-3-5-15(6-4-13)17(18,19)20/h3-6,12,14,21H,7-11H2,1-2H3. The quantitative estimate of drug-likeness (QED) is 0.901. The molecule has 0 bridgehead atoms. The number of hydrogen-bond acceptors (Lipinski definition) is 2. The van der Waals surface area contributed by atoms with E-state index in [-0.39, 0.29) is 11.8 Å². The van der Waals surface area contributed by atoms with Crippen molar-refractivity contribution in [3.8, 4) is 0 Å². The molecule has 0 aliphatic carbocycles. The van der Waals surface area contributed by atoms with Gasteiger partial charge in [0.25, 0.3) is 0 Å². The fourth-order valence-electron chi connectivity index (χ4n) is 3.07. The summed E-state index contributed by atoms with van der Waals surface area (Å²) in [4.78, 5) is 14.3. The maximum absolute atomic E-state index is 12.5. The van der Waals surface area contributed by atoms with Crippen LogP contribution >= 0.6 is 0 Å². The molecule has 2 atom stereocenters. The van der Waals surface area contributed by atoms with Gasteiger partial charge in [-0.05, 0) is 50.0 Å². The minimum absolute atomic E-state index is 0.0866. The molecule has 1 aliphatic heterocycles. The van der Waals surface area contributed by atoms with Gasteiger partial charge in [-0.2, -0.15) is 13.2 Å². The zero-order valence-corrected chi connectivity index (χ0v) is 13.5. The third-order valence-electron chi connectivity index (χ3n) is 4.34. The van der Waals surface area contributed by atoms with E-state index < -0.39 is 11.7 Å². The zero-order chi connectivity index (χ0) is 17.0. The maximum atomic E-state index is 12.5. The molecule has 2 unspecified atom stereocenters. The number of hydrogen-bond donors (Lipinski definition) is 1. The molecule has 1 saturated heterocycles. The number of carbonyl (C=O) groups excluding carboxylic acids is 1. The van der Waals surface area contributed by atoms with Crippen molar-refractivity contribution in [2.45, 2.75) is 25.9 Å². The Kier molecular flexibility index (Phi) is 5.68. The van der Waals surface area contributed by atoms with Gasteiger partial charge in [0.1, 0.15) is 0 Å². The summed E-state index contributed by atoms with van der Waals surface area (Å²) in [5, 5.41) is 3.13. The van der Waals surface area contributed by atoms with E-state index in [1.54, 1.807) is 0 Å². The maximum Gasteiger partial charge on any atom is 0.416 e. The minimum Gasteiger partial charge on any atom is -0.342 e. The molecule has 128 valence electrons. The van der Waals surface area contributed by atoms with E-state index in [4.69, 9.17) is 0 Å². The van der Waals surface area contributed by atoms with E-state index in [0.29, 0.717) is 12.3 Å². The molecule has 1 aromatic carbocycles. The van der Waals surface area contributed by atoms with Gasteiger partial charge < -0.3 is 10.2 Å². The van der Waals surface area contributed by atoms with E-state index in [1.165, 1.54) is 12.1 Å². The minimum atomic E-state index is -4.32. The van der Waals surface area contributed by atoms with Crippen molar-refractivity contribution in [1.29, 1.82) is 0 Å². The molecule has 1 fully saturated rings. The molecule has 1 aliphatic rings. The van der Waals surface area contributed by atoms with Crippen molar-refractivity contribution in [3.63, 3.8) is 0 Å². The Bertz CT molecular complexity index is 528. The molecule has 0 aromatic heterocycles. The molecule has 1 heterocycles. The Morgan fingerprint density at radius 3 is 2.57 bits per heavy atom. The number of alkyl halides is 3. The van der Waals surface area contributed by atoms with Crippen LogP contribution in [0.15, 0.2) is 24.3 Å². The molecular weight excluding hydrogens is 305 g/mol. The van der Waals surface area contributed by atoms with Crippen molar-refractivity contribution < 1.29 is 18.0 Å². The van der Waals surface area contributed by atoms with Gasteiger partial charge in [-0.15, -0.1) is 0 Å². The fraction of sp³-hybridized carbons (Fsp3) is 0.588. The SMILES string of the molecule is CNCC1CCN(C(=O)C(C)Cc2ccc(C(F)(F)F)cc2)C1. The van der Waals surface area contributed by atoms with Gasteiger partial charge in [0, 0.05) is 19.0 Å². The van der Waals surface area contributed by atoms with Gasteiger partial charge in [0.2, 0.25) is 5.91 Å². The molecule has 3 nitrogen and oxygen atoms in total. The van der Waals surface area contributed by atoms with E-state index in [1.807, 2.05) is 18.9 Å². The first kappa shape index (κ1) is 17.8. The highest BCUT2D eigenvalue weighted by Gasteiger charge is 2.31. The number of carbonyl (C=O) groups is 1. The highest BCUT2D eigenvalue weighted by molar-refractivity contribution is 5.79. The molecule has 0 spiro atoms. The van der Waals surface area contributed by atoms with E-state index >= 15 is 0 Å². The number of nitrogens with zero attached hydrogens (tertiary/aromatic N) is 1. The molecule has 1 aromatic rings. The highest BCUT2D eigenvalue weighted by Crippen LogP contribution is 2.29. The smallest absolute Gasteiger partial charge is 0.342 e. The lowest BCUT2D eigenvalue weighted by Gasteiger charge is -2.21. The number of benzene rings is 1. The van der Waals surface area contributed by atoms with Crippen LogP contribution in [0.5, 0.6) is 0 Å². The third kappa shape index (κ3) is 4.70. The van der Waals surface area contributed by atoms with Crippen LogP contribution < -0.4 is 5.32 Å². The topological polar surface area (TPSA) is 32.3 Å². The van der Waals surface area contributed by atoms with Crippen LogP contribution in [-0.2, 0) is 17.4 Å². The molecule has 1 N–H and O–H groups in total. The Hall–Kier alpha value is -1.56. The second kappa shape index (κ2) is 7.34. The van der Waals surface area contributed by atoms with E-state index in [9.17, 15) is 18.0 Å². The van der Waals surface area contributed by atoms with Crippen LogP contribution in [0.2, 0.25) is 0 Å². The molecule has 2 rings (SSSR count). The van der Waals surface area contributed by atoms with Crippen LogP contribution in [0.3, 0.4) is 0 Å². The number of rotatable bonds is 5. The molecule has 0 saturated carbocycles.